The van der Waals surface area contributed by atoms with Gasteiger partial charge in [0, 0.05) is 24.3 Å². The predicted molar refractivity (Wildman–Crippen MR) is 93.4 cm³/mol. The van der Waals surface area contributed by atoms with Crippen molar-refractivity contribution in [3.8, 4) is 11.1 Å². The summed E-state index contributed by atoms with van der Waals surface area (Å²) in [6, 6.07) is 14.8. The van der Waals surface area contributed by atoms with Crippen molar-refractivity contribution in [2.45, 2.75) is 19.8 Å². The molecular formula is C20H22FNO2. The number of anilines is 1. The highest BCUT2D eigenvalue weighted by atomic mass is 19.1. The fourth-order valence-corrected chi connectivity index (χ4v) is 3.22. The third-order valence-corrected chi connectivity index (χ3v) is 4.44. The summed E-state index contributed by atoms with van der Waals surface area (Å²) in [4.78, 5) is 14.0. The van der Waals surface area contributed by atoms with E-state index in [0.717, 1.165) is 30.6 Å². The summed E-state index contributed by atoms with van der Waals surface area (Å²) in [7, 11) is 0. The Bertz CT molecular complexity index is 702. The lowest BCUT2D eigenvalue weighted by molar-refractivity contribution is -0.148. The molecule has 1 unspecified atom stereocenters. The minimum atomic E-state index is -0.239. The van der Waals surface area contributed by atoms with Crippen LogP contribution in [0.2, 0.25) is 0 Å². The van der Waals surface area contributed by atoms with Crippen LogP contribution in [0.5, 0.6) is 0 Å². The number of carbonyl (C=O) groups excluding carboxylic acids is 1. The molecule has 0 amide bonds. The van der Waals surface area contributed by atoms with Crippen LogP contribution in [0.4, 0.5) is 10.1 Å². The van der Waals surface area contributed by atoms with Crippen LogP contribution >= 0.6 is 0 Å². The summed E-state index contributed by atoms with van der Waals surface area (Å²) in [5, 5.41) is 0. The Labute approximate surface area is 142 Å². The van der Waals surface area contributed by atoms with Crippen LogP contribution in [0.15, 0.2) is 48.5 Å². The summed E-state index contributed by atoms with van der Waals surface area (Å²) in [6.45, 7) is 3.63. The van der Waals surface area contributed by atoms with E-state index in [9.17, 15) is 9.18 Å². The largest absolute Gasteiger partial charge is 0.466 e. The van der Waals surface area contributed by atoms with Crippen molar-refractivity contribution in [3.05, 3.63) is 54.3 Å². The highest BCUT2D eigenvalue weighted by molar-refractivity contribution is 5.74. The van der Waals surface area contributed by atoms with Gasteiger partial charge in [-0.15, -0.1) is 0 Å². The molecule has 126 valence electrons. The van der Waals surface area contributed by atoms with Gasteiger partial charge in [0.2, 0.25) is 0 Å². The Kier molecular flexibility index (Phi) is 5.14. The van der Waals surface area contributed by atoms with E-state index < -0.39 is 0 Å². The van der Waals surface area contributed by atoms with Gasteiger partial charge >= 0.3 is 5.97 Å². The second-order valence-corrected chi connectivity index (χ2v) is 6.07. The molecule has 1 saturated heterocycles. The molecule has 24 heavy (non-hydrogen) atoms. The molecule has 0 radical (unpaired) electrons. The molecule has 1 aliphatic rings. The number of ether oxygens (including phenoxy) is 1. The summed E-state index contributed by atoms with van der Waals surface area (Å²) < 4.78 is 19.7. The highest BCUT2D eigenvalue weighted by Gasteiger charge is 2.27. The molecule has 0 saturated carbocycles. The molecule has 1 heterocycles. The predicted octanol–water partition coefficient (Wildman–Crippen LogP) is 4.27. The molecule has 3 rings (SSSR count). The lowest BCUT2D eigenvalue weighted by atomic mass is 9.97. The topological polar surface area (TPSA) is 29.5 Å². The van der Waals surface area contributed by atoms with Gasteiger partial charge in [-0.1, -0.05) is 30.3 Å². The van der Waals surface area contributed by atoms with Crippen molar-refractivity contribution in [1.82, 2.24) is 0 Å². The van der Waals surface area contributed by atoms with Crippen LogP contribution in [0.25, 0.3) is 11.1 Å². The van der Waals surface area contributed by atoms with Crippen molar-refractivity contribution < 1.29 is 13.9 Å². The van der Waals surface area contributed by atoms with Gasteiger partial charge in [0.05, 0.1) is 12.5 Å². The maximum Gasteiger partial charge on any atom is 0.310 e. The Hall–Kier alpha value is -2.36. The van der Waals surface area contributed by atoms with Crippen molar-refractivity contribution >= 4 is 11.7 Å². The summed E-state index contributed by atoms with van der Waals surface area (Å²) in [5.41, 5.74) is 2.28. The smallest absolute Gasteiger partial charge is 0.310 e. The minimum absolute atomic E-state index is 0.129. The molecule has 3 nitrogen and oxygen atoms in total. The first kappa shape index (κ1) is 16.5. The van der Waals surface area contributed by atoms with Gasteiger partial charge in [-0.3, -0.25) is 4.79 Å². The van der Waals surface area contributed by atoms with E-state index in [1.54, 1.807) is 6.07 Å². The number of hydrogen-bond acceptors (Lipinski definition) is 3. The standard InChI is InChI=1S/C20H22FNO2/c1-2-24-20(23)16-9-6-12-22(14-16)17-10-11-18(19(21)13-17)15-7-4-3-5-8-15/h3-5,7-8,10-11,13,16H,2,6,9,12,14H2,1H3. The monoisotopic (exact) mass is 327 g/mol. The maximum absolute atomic E-state index is 14.5. The summed E-state index contributed by atoms with van der Waals surface area (Å²) in [5.74, 6) is -0.518. The number of rotatable bonds is 4. The third kappa shape index (κ3) is 3.58. The van der Waals surface area contributed by atoms with Gasteiger partial charge in [-0.2, -0.15) is 0 Å². The fourth-order valence-electron chi connectivity index (χ4n) is 3.22. The minimum Gasteiger partial charge on any atom is -0.466 e. The molecule has 0 spiro atoms. The zero-order valence-electron chi connectivity index (χ0n) is 13.9. The highest BCUT2D eigenvalue weighted by Crippen LogP contribution is 2.29. The van der Waals surface area contributed by atoms with Crippen LogP contribution in [0.1, 0.15) is 19.8 Å². The Morgan fingerprint density at radius 2 is 2.04 bits per heavy atom. The van der Waals surface area contributed by atoms with E-state index in [-0.39, 0.29) is 17.7 Å². The fraction of sp³-hybridized carbons (Fsp3) is 0.350. The molecule has 0 bridgehead atoms. The molecule has 0 aliphatic carbocycles. The number of hydrogen-bond donors (Lipinski definition) is 0. The molecule has 0 N–H and O–H groups in total. The van der Waals surface area contributed by atoms with E-state index in [4.69, 9.17) is 4.74 Å². The molecule has 1 atom stereocenters. The van der Waals surface area contributed by atoms with Crippen LogP contribution in [0.3, 0.4) is 0 Å². The number of nitrogens with zero attached hydrogens (tertiary/aromatic N) is 1. The van der Waals surface area contributed by atoms with E-state index in [0.29, 0.717) is 18.7 Å². The van der Waals surface area contributed by atoms with Crippen LogP contribution in [-0.4, -0.2) is 25.7 Å². The van der Waals surface area contributed by atoms with E-state index in [1.807, 2.05) is 49.4 Å². The first-order valence-corrected chi connectivity index (χ1v) is 8.45. The average molecular weight is 327 g/mol. The summed E-state index contributed by atoms with van der Waals surface area (Å²) in [6.07, 6.45) is 1.74. The Balaban J connectivity index is 1.78. The van der Waals surface area contributed by atoms with Gasteiger partial charge in [-0.25, -0.2) is 4.39 Å². The second kappa shape index (κ2) is 7.47. The number of piperidine rings is 1. The van der Waals surface area contributed by atoms with Crippen LogP contribution < -0.4 is 4.90 Å². The van der Waals surface area contributed by atoms with Crippen molar-refractivity contribution in [2.75, 3.05) is 24.6 Å². The molecule has 1 aliphatic heterocycles. The number of esters is 1. The zero-order chi connectivity index (χ0) is 16.9. The van der Waals surface area contributed by atoms with Crippen molar-refractivity contribution in [2.24, 2.45) is 5.92 Å². The summed E-state index contributed by atoms with van der Waals surface area (Å²) >= 11 is 0. The molecular weight excluding hydrogens is 305 g/mol. The SMILES string of the molecule is CCOC(=O)C1CCCN(c2ccc(-c3ccccc3)c(F)c2)C1. The van der Waals surface area contributed by atoms with E-state index in [1.165, 1.54) is 0 Å². The Morgan fingerprint density at radius 1 is 1.25 bits per heavy atom. The number of benzene rings is 2. The lowest BCUT2D eigenvalue weighted by Crippen LogP contribution is -2.39. The molecule has 4 heteroatoms. The first-order chi connectivity index (χ1) is 11.7. The van der Waals surface area contributed by atoms with E-state index >= 15 is 0 Å². The molecule has 2 aromatic carbocycles. The quantitative estimate of drug-likeness (QED) is 0.785. The van der Waals surface area contributed by atoms with Gasteiger partial charge in [0.1, 0.15) is 5.82 Å². The number of carbonyl (C=O) groups is 1. The first-order valence-electron chi connectivity index (χ1n) is 8.45. The normalized spacial score (nSPS) is 17.6. The molecule has 1 fully saturated rings. The molecule has 0 aromatic heterocycles. The van der Waals surface area contributed by atoms with Crippen molar-refractivity contribution in [1.29, 1.82) is 0 Å². The Morgan fingerprint density at radius 3 is 2.75 bits per heavy atom. The van der Waals surface area contributed by atoms with Gasteiger partial charge in [0.15, 0.2) is 0 Å². The van der Waals surface area contributed by atoms with Crippen LogP contribution in [-0.2, 0) is 9.53 Å². The van der Waals surface area contributed by atoms with Gasteiger partial charge in [0.25, 0.3) is 0 Å². The third-order valence-electron chi connectivity index (χ3n) is 4.44. The average Bonchev–Trinajstić information content (AvgIpc) is 2.62. The number of halogens is 1. The zero-order valence-corrected chi connectivity index (χ0v) is 13.9. The van der Waals surface area contributed by atoms with Gasteiger partial charge < -0.3 is 9.64 Å². The lowest BCUT2D eigenvalue weighted by Gasteiger charge is -2.33. The van der Waals surface area contributed by atoms with Crippen molar-refractivity contribution in [3.63, 3.8) is 0 Å². The van der Waals surface area contributed by atoms with Gasteiger partial charge in [-0.05, 0) is 43.5 Å². The van der Waals surface area contributed by atoms with E-state index in [2.05, 4.69) is 4.90 Å². The maximum atomic E-state index is 14.5. The molecule has 2 aromatic rings. The second-order valence-electron chi connectivity index (χ2n) is 6.07. The van der Waals surface area contributed by atoms with Crippen LogP contribution in [0, 0.1) is 11.7 Å².